The van der Waals surface area contributed by atoms with Crippen LogP contribution in [0.4, 0.5) is 0 Å². The van der Waals surface area contributed by atoms with Gasteiger partial charge in [-0.3, -0.25) is 8.37 Å². The minimum atomic E-state index is -5.60. The van der Waals surface area contributed by atoms with E-state index in [9.17, 15) is 56.0 Å². The monoisotopic (exact) mass is 564 g/mol. The standard InChI is InChI=1S/C12H18O17S2.3Na/c13-1-3-5(14)8(4(26-3)2-25-30(19,20)21)27-12-10(29-31(22,23)24)7(16)6(15)9(28-12)11(17)18;;;/h1,3-10,12,14-16H,2H2,(H,17,18)(H,19,20,21)(H,22,23,24);;;/q;3*+1/p-3/t3-,4-,5-,6+,7+,8-,9-,10-,12-;;;/m1.../s1. The number of aliphatic carboxylic acids is 1. The Hall–Kier alpha value is 1.64. The zero-order valence-electron chi connectivity index (χ0n) is 17.9. The summed E-state index contributed by atoms with van der Waals surface area (Å²) < 4.78 is 87.5. The zero-order chi connectivity index (χ0) is 23.7. The summed E-state index contributed by atoms with van der Waals surface area (Å²) in [5, 5.41) is 40.9. The third kappa shape index (κ3) is 10.4. The second kappa shape index (κ2) is 15.3. The zero-order valence-corrected chi connectivity index (χ0v) is 25.5. The van der Waals surface area contributed by atoms with Crippen LogP contribution in [0, 0.1) is 0 Å². The Morgan fingerprint density at radius 2 is 1.47 bits per heavy atom. The van der Waals surface area contributed by atoms with E-state index in [2.05, 4.69) is 8.37 Å². The molecule has 34 heavy (non-hydrogen) atoms. The van der Waals surface area contributed by atoms with Gasteiger partial charge in [-0.2, -0.15) is 0 Å². The molecule has 0 amide bonds. The van der Waals surface area contributed by atoms with Gasteiger partial charge in [0.1, 0.15) is 42.7 Å². The van der Waals surface area contributed by atoms with Crippen molar-refractivity contribution in [3.05, 3.63) is 0 Å². The normalized spacial score (nSPS) is 35.9. The van der Waals surface area contributed by atoms with Crippen LogP contribution in [0.2, 0.25) is 0 Å². The Labute approximate surface area is 259 Å². The fourth-order valence-corrected chi connectivity index (χ4v) is 3.64. The van der Waals surface area contributed by atoms with E-state index < -0.39 is 88.5 Å². The molecule has 3 N–H and O–H groups in total. The van der Waals surface area contributed by atoms with Crippen LogP contribution in [0.25, 0.3) is 0 Å². The second-order valence-corrected chi connectivity index (χ2v) is 8.31. The van der Waals surface area contributed by atoms with Crippen molar-refractivity contribution < 1.29 is 167 Å². The first kappa shape index (κ1) is 37.8. The molecule has 0 aliphatic carbocycles. The molecule has 0 bridgehead atoms. The molecule has 0 aromatic carbocycles. The minimum absolute atomic E-state index is 0. The topological polar surface area (TPSA) is 278 Å². The summed E-state index contributed by atoms with van der Waals surface area (Å²) in [6.07, 6.45) is -19.0. The summed E-state index contributed by atoms with van der Waals surface area (Å²) in [4.78, 5) is 22.1. The quantitative estimate of drug-likeness (QED) is 0.101. The van der Waals surface area contributed by atoms with Gasteiger partial charge in [-0.05, 0) is 0 Å². The van der Waals surface area contributed by atoms with Gasteiger partial charge >= 0.3 is 88.7 Å². The maximum Gasteiger partial charge on any atom is 1.00 e. The van der Waals surface area contributed by atoms with Crippen molar-refractivity contribution in [2.75, 3.05) is 6.61 Å². The molecule has 0 spiro atoms. The first-order chi connectivity index (χ1) is 14.1. The number of carboxylic acid groups (broad SMARTS) is 1. The third-order valence-corrected chi connectivity index (χ3v) is 5.06. The van der Waals surface area contributed by atoms with Crippen LogP contribution in [0.3, 0.4) is 0 Å². The summed E-state index contributed by atoms with van der Waals surface area (Å²) in [6.45, 7) is -1.12. The van der Waals surface area contributed by atoms with E-state index in [0.29, 0.717) is 0 Å². The van der Waals surface area contributed by atoms with Crippen LogP contribution in [-0.2, 0) is 53.0 Å². The van der Waals surface area contributed by atoms with Crippen LogP contribution in [0.1, 0.15) is 0 Å². The molecule has 9 atom stereocenters. The SMILES string of the molecule is O=C[C@H]1O[C@H](COS(=O)(=O)[O-])[C@@H](O[C@@H]2O[C@@H](C(=O)[O-])[C@@H](O)[C@H](O)[C@H]2OS(=O)(=O)[O-])[C@@H]1O.[Na+].[Na+].[Na+]. The molecule has 2 saturated heterocycles. The smallest absolute Gasteiger partial charge is 0.726 e. The molecular formula is C12H15Na3O17S2. The molecule has 180 valence electrons. The van der Waals surface area contributed by atoms with Gasteiger partial charge in [-0.1, -0.05) is 0 Å². The molecule has 2 heterocycles. The van der Waals surface area contributed by atoms with Gasteiger partial charge in [-0.15, -0.1) is 0 Å². The maximum absolute atomic E-state index is 11.1. The Morgan fingerprint density at radius 1 is 0.912 bits per heavy atom. The maximum atomic E-state index is 11.1. The first-order valence-corrected chi connectivity index (χ1v) is 10.7. The molecule has 0 unspecified atom stereocenters. The summed E-state index contributed by atoms with van der Waals surface area (Å²) in [6, 6.07) is 0. The number of hydrogen-bond acceptors (Lipinski definition) is 17. The molecule has 2 fully saturated rings. The number of ether oxygens (including phenoxy) is 3. The van der Waals surface area contributed by atoms with Gasteiger partial charge in [0.05, 0.1) is 12.6 Å². The number of hydrogen-bond donors (Lipinski definition) is 3. The van der Waals surface area contributed by atoms with Crippen LogP contribution in [-0.4, -0.2) is 115 Å². The van der Waals surface area contributed by atoms with E-state index in [1.54, 1.807) is 0 Å². The van der Waals surface area contributed by atoms with Crippen LogP contribution >= 0.6 is 0 Å². The molecule has 22 heteroatoms. The van der Waals surface area contributed by atoms with Gasteiger partial charge in [0.2, 0.25) is 20.8 Å². The number of rotatable bonds is 9. The average Bonchev–Trinajstić information content (AvgIpc) is 2.92. The number of carboxylic acids is 1. The Bertz CT molecular complexity index is 884. The molecule has 0 saturated carbocycles. The van der Waals surface area contributed by atoms with Crippen molar-refractivity contribution in [2.24, 2.45) is 0 Å². The molecule has 0 aromatic heterocycles. The number of carbonyl (C=O) groups excluding carboxylic acids is 2. The average molecular weight is 564 g/mol. The van der Waals surface area contributed by atoms with E-state index in [1.807, 2.05) is 0 Å². The van der Waals surface area contributed by atoms with E-state index in [-0.39, 0.29) is 95.0 Å². The first-order valence-electron chi connectivity index (χ1n) is 8.05. The Balaban J connectivity index is 0. The number of aliphatic hydroxyl groups excluding tert-OH is 3. The van der Waals surface area contributed by atoms with Crippen molar-refractivity contribution in [3.63, 3.8) is 0 Å². The predicted octanol–water partition coefficient (Wildman–Crippen LogP) is -15.8. The van der Waals surface area contributed by atoms with Gasteiger partial charge in [0, 0.05) is 0 Å². The van der Waals surface area contributed by atoms with Gasteiger partial charge in [-0.25, -0.2) is 16.8 Å². The molecule has 17 nitrogen and oxygen atoms in total. The molecule has 0 aromatic rings. The summed E-state index contributed by atoms with van der Waals surface area (Å²) in [7, 11) is -10.9. The number of aliphatic hydroxyl groups is 3. The van der Waals surface area contributed by atoms with Crippen molar-refractivity contribution >= 4 is 33.1 Å². The minimum Gasteiger partial charge on any atom is -0.726 e. The molecule has 2 aliphatic rings. The summed E-state index contributed by atoms with van der Waals surface area (Å²) >= 11 is 0. The van der Waals surface area contributed by atoms with Crippen molar-refractivity contribution in [1.29, 1.82) is 0 Å². The van der Waals surface area contributed by atoms with Gasteiger partial charge < -0.3 is 53.3 Å². The van der Waals surface area contributed by atoms with Crippen LogP contribution in [0.15, 0.2) is 0 Å². The van der Waals surface area contributed by atoms with Crippen LogP contribution < -0.4 is 93.8 Å². The van der Waals surface area contributed by atoms with E-state index in [4.69, 9.17) is 14.2 Å². The summed E-state index contributed by atoms with van der Waals surface area (Å²) in [5.41, 5.74) is 0. The van der Waals surface area contributed by atoms with E-state index in [1.165, 1.54) is 0 Å². The van der Waals surface area contributed by atoms with Crippen LogP contribution in [0.5, 0.6) is 0 Å². The van der Waals surface area contributed by atoms with Gasteiger partial charge in [0.15, 0.2) is 18.7 Å². The Kier molecular flexibility index (Phi) is 17.0. The Morgan fingerprint density at radius 3 is 1.91 bits per heavy atom. The molecule has 2 rings (SSSR count). The molecule has 2 aliphatic heterocycles. The van der Waals surface area contributed by atoms with Gasteiger partial charge in [0.25, 0.3) is 0 Å². The van der Waals surface area contributed by atoms with Crippen molar-refractivity contribution in [3.8, 4) is 0 Å². The second-order valence-electron chi connectivity index (χ2n) is 6.25. The van der Waals surface area contributed by atoms with E-state index in [0.717, 1.165) is 0 Å². The third-order valence-electron chi connectivity index (χ3n) is 4.18. The predicted molar refractivity (Wildman–Crippen MR) is 81.5 cm³/mol. The van der Waals surface area contributed by atoms with Crippen molar-refractivity contribution in [1.82, 2.24) is 0 Å². The summed E-state index contributed by atoms with van der Waals surface area (Å²) in [5.74, 6) is -2.10. The van der Waals surface area contributed by atoms with E-state index >= 15 is 0 Å². The van der Waals surface area contributed by atoms with Crippen molar-refractivity contribution in [2.45, 2.75) is 55.1 Å². The largest absolute Gasteiger partial charge is 1.00 e. The number of aldehydes is 1. The number of carbonyl (C=O) groups is 2. The fourth-order valence-electron chi connectivity index (χ4n) is 2.87. The molecule has 0 radical (unpaired) electrons. The fraction of sp³-hybridized carbons (Fsp3) is 0.833. The molecular weight excluding hydrogens is 549 g/mol.